The van der Waals surface area contributed by atoms with Gasteiger partial charge in [-0.3, -0.25) is 4.79 Å². The van der Waals surface area contributed by atoms with Crippen molar-refractivity contribution in [3.63, 3.8) is 0 Å². The summed E-state index contributed by atoms with van der Waals surface area (Å²) in [7, 11) is 3.59. The van der Waals surface area contributed by atoms with Crippen molar-refractivity contribution in [3.05, 3.63) is 5.28 Å². The van der Waals surface area contributed by atoms with Gasteiger partial charge in [0.05, 0.1) is 12.4 Å². The molecular formula is C9H13ClN4O2S. The number of carbonyl (C=O) groups excluding carboxylic acids is 1. The van der Waals surface area contributed by atoms with Crippen molar-refractivity contribution in [1.29, 1.82) is 0 Å². The first-order chi connectivity index (χ1) is 8.02. The lowest BCUT2D eigenvalue weighted by molar-refractivity contribution is -0.139. The maximum atomic E-state index is 11.2. The smallest absolute Gasteiger partial charge is 0.316 e. The molecule has 8 heteroatoms. The van der Waals surface area contributed by atoms with E-state index in [1.807, 2.05) is 0 Å². The molecule has 0 aliphatic heterocycles. The van der Waals surface area contributed by atoms with Crippen LogP contribution in [-0.2, 0) is 9.53 Å². The zero-order valence-corrected chi connectivity index (χ0v) is 11.4. The van der Waals surface area contributed by atoms with Gasteiger partial charge in [-0.1, -0.05) is 11.8 Å². The molecule has 0 amide bonds. The molecule has 1 aromatic rings. The molecule has 1 rings (SSSR count). The van der Waals surface area contributed by atoms with Gasteiger partial charge in [0.15, 0.2) is 5.16 Å². The fourth-order valence-electron chi connectivity index (χ4n) is 0.913. The number of carbonyl (C=O) groups is 1. The molecule has 0 fully saturated rings. The molecule has 0 radical (unpaired) electrons. The highest BCUT2D eigenvalue weighted by molar-refractivity contribution is 7.99. The predicted octanol–water partition coefficient (Wildman–Crippen LogP) is 1.25. The van der Waals surface area contributed by atoms with E-state index in [1.165, 1.54) is 11.8 Å². The van der Waals surface area contributed by atoms with Gasteiger partial charge in [-0.25, -0.2) is 0 Å². The van der Waals surface area contributed by atoms with Crippen LogP contribution < -0.4 is 4.90 Å². The molecule has 94 valence electrons. The Morgan fingerprint density at radius 1 is 1.41 bits per heavy atom. The number of halogens is 1. The van der Waals surface area contributed by atoms with Gasteiger partial charge in [0, 0.05) is 14.1 Å². The van der Waals surface area contributed by atoms with Crippen LogP contribution in [0.3, 0.4) is 0 Å². The Labute approximate surface area is 109 Å². The number of hydrogen-bond acceptors (Lipinski definition) is 7. The van der Waals surface area contributed by atoms with Gasteiger partial charge in [0.1, 0.15) is 0 Å². The van der Waals surface area contributed by atoms with Gasteiger partial charge in [-0.2, -0.15) is 15.0 Å². The first kappa shape index (κ1) is 14.0. The van der Waals surface area contributed by atoms with Gasteiger partial charge in [0.25, 0.3) is 0 Å². The Kier molecular flexibility index (Phi) is 5.43. The summed E-state index contributed by atoms with van der Waals surface area (Å²) in [5, 5.41) is 0.511. The van der Waals surface area contributed by atoms with Crippen LogP contribution in [0.1, 0.15) is 6.92 Å². The van der Waals surface area contributed by atoms with Crippen molar-refractivity contribution in [2.75, 3.05) is 31.4 Å². The third kappa shape index (κ3) is 4.74. The zero-order chi connectivity index (χ0) is 12.8. The Morgan fingerprint density at radius 3 is 2.71 bits per heavy atom. The summed E-state index contributed by atoms with van der Waals surface area (Å²) in [6.07, 6.45) is 0. The summed E-state index contributed by atoms with van der Waals surface area (Å²) in [6.45, 7) is 2.12. The van der Waals surface area contributed by atoms with Gasteiger partial charge in [0.2, 0.25) is 11.2 Å². The van der Waals surface area contributed by atoms with Crippen molar-refractivity contribution in [1.82, 2.24) is 15.0 Å². The largest absolute Gasteiger partial charge is 0.465 e. The van der Waals surface area contributed by atoms with Crippen LogP contribution in [-0.4, -0.2) is 47.4 Å². The average molecular weight is 277 g/mol. The summed E-state index contributed by atoms with van der Waals surface area (Å²) < 4.78 is 4.80. The molecule has 0 aliphatic rings. The second-order valence-corrected chi connectivity index (χ2v) is 4.46. The Hall–Kier alpha value is -1.08. The Morgan fingerprint density at radius 2 is 2.12 bits per heavy atom. The Bertz CT molecular complexity index is 403. The van der Waals surface area contributed by atoms with E-state index in [1.54, 1.807) is 25.9 Å². The zero-order valence-electron chi connectivity index (χ0n) is 9.81. The van der Waals surface area contributed by atoms with E-state index in [0.29, 0.717) is 17.7 Å². The first-order valence-electron chi connectivity index (χ1n) is 4.90. The van der Waals surface area contributed by atoms with E-state index in [2.05, 4.69) is 15.0 Å². The molecule has 0 aliphatic carbocycles. The van der Waals surface area contributed by atoms with Gasteiger partial charge >= 0.3 is 5.97 Å². The number of hydrogen-bond donors (Lipinski definition) is 0. The van der Waals surface area contributed by atoms with Crippen molar-refractivity contribution in [2.24, 2.45) is 0 Å². The van der Waals surface area contributed by atoms with Crippen molar-refractivity contribution >= 4 is 35.3 Å². The topological polar surface area (TPSA) is 68.2 Å². The van der Waals surface area contributed by atoms with E-state index >= 15 is 0 Å². The maximum Gasteiger partial charge on any atom is 0.316 e. The minimum Gasteiger partial charge on any atom is -0.465 e. The van der Waals surface area contributed by atoms with Crippen LogP contribution in [0.2, 0.25) is 5.28 Å². The van der Waals surface area contributed by atoms with E-state index in [4.69, 9.17) is 16.3 Å². The second-order valence-electron chi connectivity index (χ2n) is 3.18. The average Bonchev–Trinajstić information content (AvgIpc) is 2.26. The molecule has 0 spiro atoms. The number of anilines is 1. The third-order valence-electron chi connectivity index (χ3n) is 1.60. The minimum atomic E-state index is -0.305. The number of thioether (sulfide) groups is 1. The molecule has 1 heterocycles. The molecule has 1 aromatic heterocycles. The van der Waals surface area contributed by atoms with Gasteiger partial charge < -0.3 is 9.64 Å². The highest BCUT2D eigenvalue weighted by Crippen LogP contribution is 2.17. The van der Waals surface area contributed by atoms with Crippen LogP contribution >= 0.6 is 23.4 Å². The molecule has 0 bridgehead atoms. The van der Waals surface area contributed by atoms with Crippen LogP contribution in [0.5, 0.6) is 0 Å². The van der Waals surface area contributed by atoms with E-state index in [9.17, 15) is 4.79 Å². The van der Waals surface area contributed by atoms with E-state index in [-0.39, 0.29) is 17.0 Å². The standard InChI is InChI=1S/C9H13ClN4O2S/c1-4-16-6(15)5-17-9-12-7(10)11-8(13-9)14(2)3/h4-5H2,1-3H3. The molecule has 0 saturated carbocycles. The summed E-state index contributed by atoms with van der Waals surface area (Å²) in [4.78, 5) is 24.9. The number of ether oxygens (including phenoxy) is 1. The lowest BCUT2D eigenvalue weighted by Gasteiger charge is -2.10. The minimum absolute atomic E-state index is 0.107. The van der Waals surface area contributed by atoms with Gasteiger partial charge in [-0.05, 0) is 18.5 Å². The first-order valence-corrected chi connectivity index (χ1v) is 6.26. The molecule has 0 aromatic carbocycles. The van der Waals surface area contributed by atoms with Crippen molar-refractivity contribution in [2.45, 2.75) is 12.1 Å². The van der Waals surface area contributed by atoms with Crippen LogP contribution in [0.25, 0.3) is 0 Å². The summed E-state index contributed by atoms with van der Waals surface area (Å²) >= 11 is 6.92. The number of esters is 1. The maximum absolute atomic E-state index is 11.2. The predicted molar refractivity (Wildman–Crippen MR) is 66.5 cm³/mol. The lowest BCUT2D eigenvalue weighted by atomic mass is 10.8. The summed E-state index contributed by atoms with van der Waals surface area (Å²) in [5.74, 6) is 0.304. The summed E-state index contributed by atoms with van der Waals surface area (Å²) in [6, 6.07) is 0. The molecule has 0 atom stereocenters. The number of rotatable bonds is 5. The van der Waals surface area contributed by atoms with Crippen molar-refractivity contribution < 1.29 is 9.53 Å². The third-order valence-corrected chi connectivity index (χ3v) is 2.59. The highest BCUT2D eigenvalue weighted by atomic mass is 35.5. The molecule has 17 heavy (non-hydrogen) atoms. The number of nitrogens with zero attached hydrogens (tertiary/aromatic N) is 4. The molecule has 0 saturated heterocycles. The fourth-order valence-corrected chi connectivity index (χ4v) is 1.75. The van der Waals surface area contributed by atoms with E-state index in [0.717, 1.165) is 0 Å². The second kappa shape index (κ2) is 6.61. The summed E-state index contributed by atoms with van der Waals surface area (Å²) in [5.41, 5.74) is 0. The van der Waals surface area contributed by atoms with Crippen LogP contribution in [0.4, 0.5) is 5.95 Å². The van der Waals surface area contributed by atoms with Crippen LogP contribution in [0.15, 0.2) is 5.16 Å². The molecule has 0 N–H and O–H groups in total. The number of aromatic nitrogens is 3. The van der Waals surface area contributed by atoms with Crippen LogP contribution in [0, 0.1) is 0 Å². The normalized spacial score (nSPS) is 10.1. The van der Waals surface area contributed by atoms with E-state index < -0.39 is 0 Å². The quantitative estimate of drug-likeness (QED) is 0.592. The molecular weight excluding hydrogens is 264 g/mol. The molecule has 6 nitrogen and oxygen atoms in total. The van der Waals surface area contributed by atoms with Gasteiger partial charge in [-0.15, -0.1) is 0 Å². The SMILES string of the molecule is CCOC(=O)CSc1nc(Cl)nc(N(C)C)n1. The fraction of sp³-hybridized carbons (Fsp3) is 0.556. The Balaban J connectivity index is 2.68. The monoisotopic (exact) mass is 276 g/mol. The van der Waals surface area contributed by atoms with Crippen molar-refractivity contribution in [3.8, 4) is 0 Å². The highest BCUT2D eigenvalue weighted by Gasteiger charge is 2.09. The molecule has 0 unspecified atom stereocenters. The lowest BCUT2D eigenvalue weighted by Crippen LogP contribution is -2.14.